The maximum Gasteiger partial charge on any atom is 0.309 e. The van der Waals surface area contributed by atoms with Gasteiger partial charge in [-0.3, -0.25) is 4.79 Å². The molecule has 1 aliphatic carbocycles. The lowest BCUT2D eigenvalue weighted by Gasteiger charge is -2.37. The van der Waals surface area contributed by atoms with Crippen LogP contribution in [0.1, 0.15) is 49.3 Å². The number of rotatable bonds is 3. The standard InChI is InChI=1S/C17H24O2/c1-12-6-5-9-17(10-12,16(18)19)11-15-13(2)7-4-8-14(15)3/h4,7-8,12H,5-6,9-11H2,1-3H3,(H,18,19). The first-order valence-corrected chi connectivity index (χ1v) is 7.23. The quantitative estimate of drug-likeness (QED) is 0.887. The van der Waals surface area contributed by atoms with Crippen LogP contribution >= 0.6 is 0 Å². The predicted molar refractivity (Wildman–Crippen MR) is 77.3 cm³/mol. The summed E-state index contributed by atoms with van der Waals surface area (Å²) in [4.78, 5) is 11.8. The van der Waals surface area contributed by atoms with Gasteiger partial charge in [0.2, 0.25) is 0 Å². The zero-order valence-corrected chi connectivity index (χ0v) is 12.2. The van der Waals surface area contributed by atoms with Crippen molar-refractivity contribution in [3.8, 4) is 0 Å². The highest BCUT2D eigenvalue weighted by atomic mass is 16.4. The van der Waals surface area contributed by atoms with Gasteiger partial charge < -0.3 is 5.11 Å². The van der Waals surface area contributed by atoms with Crippen LogP contribution in [0.4, 0.5) is 0 Å². The van der Waals surface area contributed by atoms with Gasteiger partial charge in [0.1, 0.15) is 0 Å². The first-order valence-electron chi connectivity index (χ1n) is 7.23. The normalized spacial score (nSPS) is 27.2. The number of aliphatic carboxylic acids is 1. The van der Waals surface area contributed by atoms with E-state index in [9.17, 15) is 9.90 Å². The van der Waals surface area contributed by atoms with E-state index in [2.05, 4.69) is 32.9 Å². The number of hydrogen-bond acceptors (Lipinski definition) is 1. The molecule has 0 saturated heterocycles. The number of carbonyl (C=O) groups is 1. The lowest BCUT2D eigenvalue weighted by atomic mass is 9.66. The fourth-order valence-corrected chi connectivity index (χ4v) is 3.56. The number of benzene rings is 1. The third-order valence-electron chi connectivity index (χ3n) is 4.70. The molecular weight excluding hydrogens is 236 g/mol. The molecule has 1 N–H and O–H groups in total. The van der Waals surface area contributed by atoms with Gasteiger partial charge in [0.05, 0.1) is 5.41 Å². The molecule has 2 heteroatoms. The van der Waals surface area contributed by atoms with Crippen LogP contribution in [0.15, 0.2) is 18.2 Å². The smallest absolute Gasteiger partial charge is 0.309 e. The molecule has 1 fully saturated rings. The van der Waals surface area contributed by atoms with Crippen molar-refractivity contribution in [1.82, 2.24) is 0 Å². The monoisotopic (exact) mass is 260 g/mol. The van der Waals surface area contributed by atoms with Gasteiger partial charge in [0, 0.05) is 0 Å². The van der Waals surface area contributed by atoms with Gasteiger partial charge >= 0.3 is 5.97 Å². The van der Waals surface area contributed by atoms with Crippen molar-refractivity contribution in [2.75, 3.05) is 0 Å². The Morgan fingerprint density at radius 2 is 2.00 bits per heavy atom. The molecule has 2 rings (SSSR count). The van der Waals surface area contributed by atoms with Gasteiger partial charge in [-0.1, -0.05) is 38.0 Å². The highest BCUT2D eigenvalue weighted by Crippen LogP contribution is 2.43. The van der Waals surface area contributed by atoms with Crippen LogP contribution in [0.3, 0.4) is 0 Å². The fraction of sp³-hybridized carbons (Fsp3) is 0.588. The summed E-state index contributed by atoms with van der Waals surface area (Å²) in [5, 5.41) is 9.75. The third-order valence-corrected chi connectivity index (χ3v) is 4.70. The molecule has 0 spiro atoms. The fourth-order valence-electron chi connectivity index (χ4n) is 3.56. The minimum absolute atomic E-state index is 0.522. The van der Waals surface area contributed by atoms with Crippen molar-refractivity contribution in [1.29, 1.82) is 0 Å². The molecular formula is C17H24O2. The third kappa shape index (κ3) is 2.83. The topological polar surface area (TPSA) is 37.3 Å². The Morgan fingerprint density at radius 3 is 2.53 bits per heavy atom. The number of carboxylic acid groups (broad SMARTS) is 1. The van der Waals surface area contributed by atoms with Crippen molar-refractivity contribution in [3.63, 3.8) is 0 Å². The first kappa shape index (κ1) is 14.1. The molecule has 1 saturated carbocycles. The lowest BCUT2D eigenvalue weighted by molar-refractivity contribution is -0.152. The summed E-state index contributed by atoms with van der Waals surface area (Å²) in [5.74, 6) is -0.0872. The molecule has 2 unspecified atom stereocenters. The largest absolute Gasteiger partial charge is 0.481 e. The highest BCUT2D eigenvalue weighted by Gasteiger charge is 2.42. The molecule has 2 nitrogen and oxygen atoms in total. The minimum Gasteiger partial charge on any atom is -0.481 e. The van der Waals surface area contributed by atoms with E-state index in [1.54, 1.807) is 0 Å². The Kier molecular flexibility index (Phi) is 3.98. The Hall–Kier alpha value is -1.31. The van der Waals surface area contributed by atoms with E-state index in [0.29, 0.717) is 12.3 Å². The Labute approximate surface area is 115 Å². The van der Waals surface area contributed by atoms with Gasteiger partial charge in [0.25, 0.3) is 0 Å². The molecule has 0 aromatic heterocycles. The summed E-state index contributed by atoms with van der Waals surface area (Å²) in [5.41, 5.74) is 3.13. The molecule has 104 valence electrons. The molecule has 1 aromatic rings. The molecule has 0 aliphatic heterocycles. The Balaban J connectivity index is 2.34. The minimum atomic E-state index is -0.610. The van der Waals surface area contributed by atoms with Crippen molar-refractivity contribution < 1.29 is 9.90 Å². The maximum atomic E-state index is 11.8. The maximum absolute atomic E-state index is 11.8. The van der Waals surface area contributed by atoms with Gasteiger partial charge in [-0.05, 0) is 55.7 Å². The Morgan fingerprint density at radius 1 is 1.37 bits per heavy atom. The highest BCUT2D eigenvalue weighted by molar-refractivity contribution is 5.75. The molecule has 1 aromatic carbocycles. The number of hydrogen-bond donors (Lipinski definition) is 1. The van der Waals surface area contributed by atoms with E-state index in [1.807, 2.05) is 6.07 Å². The van der Waals surface area contributed by atoms with Gasteiger partial charge in [-0.25, -0.2) is 0 Å². The van der Waals surface area contributed by atoms with Crippen molar-refractivity contribution in [2.45, 2.75) is 52.9 Å². The van der Waals surface area contributed by atoms with E-state index >= 15 is 0 Å². The lowest BCUT2D eigenvalue weighted by Crippen LogP contribution is -2.38. The SMILES string of the molecule is Cc1cccc(C)c1CC1(C(=O)O)CCCC(C)C1. The van der Waals surface area contributed by atoms with Gasteiger partial charge in [0.15, 0.2) is 0 Å². The van der Waals surface area contributed by atoms with Crippen LogP contribution in [0, 0.1) is 25.2 Å². The van der Waals surface area contributed by atoms with Crippen LogP contribution in [-0.4, -0.2) is 11.1 Å². The first-order chi connectivity index (χ1) is 8.94. The summed E-state index contributed by atoms with van der Waals surface area (Å²) in [7, 11) is 0. The van der Waals surface area contributed by atoms with E-state index in [-0.39, 0.29) is 0 Å². The van der Waals surface area contributed by atoms with Crippen molar-refractivity contribution in [3.05, 3.63) is 34.9 Å². The summed E-state index contributed by atoms with van der Waals surface area (Å²) in [6, 6.07) is 6.22. The molecule has 19 heavy (non-hydrogen) atoms. The van der Waals surface area contributed by atoms with Crippen LogP contribution < -0.4 is 0 Å². The average molecular weight is 260 g/mol. The summed E-state index contributed by atoms with van der Waals surface area (Å²) in [6.07, 6.45) is 4.53. The molecule has 0 heterocycles. The van der Waals surface area contributed by atoms with Crippen LogP contribution in [-0.2, 0) is 11.2 Å². The summed E-state index contributed by atoms with van der Waals surface area (Å²) >= 11 is 0. The number of carboxylic acids is 1. The average Bonchev–Trinajstić information content (AvgIpc) is 2.34. The van der Waals surface area contributed by atoms with E-state index in [4.69, 9.17) is 0 Å². The zero-order valence-electron chi connectivity index (χ0n) is 12.2. The van der Waals surface area contributed by atoms with Crippen LogP contribution in [0.2, 0.25) is 0 Å². The second kappa shape index (κ2) is 5.36. The Bertz CT molecular complexity index is 458. The molecule has 0 amide bonds. The second-order valence-electron chi connectivity index (χ2n) is 6.33. The molecule has 2 atom stereocenters. The summed E-state index contributed by atoms with van der Waals surface area (Å²) in [6.45, 7) is 6.36. The molecule has 0 radical (unpaired) electrons. The van der Waals surface area contributed by atoms with Crippen molar-refractivity contribution >= 4 is 5.97 Å². The molecule has 0 bridgehead atoms. The van der Waals surface area contributed by atoms with E-state index in [1.165, 1.54) is 23.1 Å². The van der Waals surface area contributed by atoms with Gasteiger partial charge in [-0.2, -0.15) is 0 Å². The van der Waals surface area contributed by atoms with E-state index < -0.39 is 11.4 Å². The van der Waals surface area contributed by atoms with Crippen molar-refractivity contribution in [2.24, 2.45) is 11.3 Å². The van der Waals surface area contributed by atoms with E-state index in [0.717, 1.165) is 19.3 Å². The van der Waals surface area contributed by atoms with Crippen LogP contribution in [0.5, 0.6) is 0 Å². The predicted octanol–water partition coefficient (Wildman–Crippen LogP) is 4.13. The summed E-state index contributed by atoms with van der Waals surface area (Å²) < 4.78 is 0. The molecule has 1 aliphatic rings. The van der Waals surface area contributed by atoms with Crippen LogP contribution in [0.25, 0.3) is 0 Å². The van der Waals surface area contributed by atoms with Gasteiger partial charge in [-0.15, -0.1) is 0 Å². The number of aryl methyl sites for hydroxylation is 2. The zero-order chi connectivity index (χ0) is 14.0. The second-order valence-corrected chi connectivity index (χ2v) is 6.33.